The van der Waals surface area contributed by atoms with Gasteiger partial charge in [0.15, 0.2) is 0 Å². The van der Waals surface area contributed by atoms with Crippen molar-refractivity contribution in [2.75, 3.05) is 65.4 Å². The number of nitrogens with one attached hydrogen (secondary N) is 1. The van der Waals surface area contributed by atoms with E-state index in [-0.39, 0.29) is 0 Å². The Balaban J connectivity index is 1.36. The molecular weight excluding hydrogens is 264 g/mol. The van der Waals surface area contributed by atoms with Gasteiger partial charge >= 0.3 is 0 Å². The Kier molecular flexibility index (Phi) is 5.49. The van der Waals surface area contributed by atoms with Gasteiger partial charge in [-0.1, -0.05) is 0 Å². The van der Waals surface area contributed by atoms with Crippen molar-refractivity contribution >= 4 is 5.91 Å². The molecule has 0 spiro atoms. The quantitative estimate of drug-likeness (QED) is 0.805. The molecule has 5 nitrogen and oxygen atoms in total. The van der Waals surface area contributed by atoms with Crippen LogP contribution in [-0.2, 0) is 4.79 Å². The third-order valence-corrected chi connectivity index (χ3v) is 5.26. The summed E-state index contributed by atoms with van der Waals surface area (Å²) >= 11 is 0. The Hall–Kier alpha value is -0.650. The fraction of sp³-hybridized carbons (Fsp3) is 0.938. The monoisotopic (exact) mass is 294 g/mol. The van der Waals surface area contributed by atoms with Crippen LogP contribution < -0.4 is 5.32 Å². The molecule has 3 saturated heterocycles. The molecule has 1 amide bonds. The van der Waals surface area contributed by atoms with E-state index in [2.05, 4.69) is 20.0 Å². The first kappa shape index (κ1) is 15.3. The molecule has 5 heteroatoms. The highest BCUT2D eigenvalue weighted by Gasteiger charge is 2.25. The Bertz CT molecular complexity index is 329. The van der Waals surface area contributed by atoms with Crippen LogP contribution in [0.3, 0.4) is 0 Å². The van der Waals surface area contributed by atoms with Gasteiger partial charge in [-0.05, 0) is 57.8 Å². The summed E-state index contributed by atoms with van der Waals surface area (Å²) in [5, 5.41) is 3.43. The molecular formula is C16H30N4O. The summed E-state index contributed by atoms with van der Waals surface area (Å²) in [6, 6.07) is 0. The number of likely N-dealkylation sites (tertiary alicyclic amines) is 1. The van der Waals surface area contributed by atoms with E-state index < -0.39 is 0 Å². The van der Waals surface area contributed by atoms with Crippen LogP contribution in [0.5, 0.6) is 0 Å². The zero-order valence-corrected chi connectivity index (χ0v) is 13.2. The minimum absolute atomic E-state index is 0.346. The summed E-state index contributed by atoms with van der Waals surface area (Å²) in [7, 11) is 0. The highest BCUT2D eigenvalue weighted by atomic mass is 16.2. The molecule has 0 saturated carbocycles. The third kappa shape index (κ3) is 4.41. The number of carbonyl (C=O) groups excluding carboxylic acids is 1. The van der Waals surface area contributed by atoms with E-state index in [1.165, 1.54) is 45.3 Å². The molecule has 3 aliphatic rings. The lowest BCUT2D eigenvalue weighted by Gasteiger charge is -2.37. The van der Waals surface area contributed by atoms with Crippen molar-refractivity contribution in [3.05, 3.63) is 0 Å². The number of rotatable bonds is 4. The fourth-order valence-corrected chi connectivity index (χ4v) is 3.84. The van der Waals surface area contributed by atoms with Crippen molar-refractivity contribution in [3.8, 4) is 0 Å². The van der Waals surface area contributed by atoms with Gasteiger partial charge in [-0.2, -0.15) is 0 Å². The van der Waals surface area contributed by atoms with Gasteiger partial charge in [0.1, 0.15) is 0 Å². The van der Waals surface area contributed by atoms with Crippen LogP contribution in [0.25, 0.3) is 0 Å². The van der Waals surface area contributed by atoms with Crippen LogP contribution in [0.4, 0.5) is 0 Å². The lowest BCUT2D eigenvalue weighted by Crippen LogP contribution is -2.52. The van der Waals surface area contributed by atoms with Gasteiger partial charge in [0.25, 0.3) is 0 Å². The Morgan fingerprint density at radius 3 is 2.24 bits per heavy atom. The average molecular weight is 294 g/mol. The Morgan fingerprint density at radius 1 is 0.905 bits per heavy atom. The predicted molar refractivity (Wildman–Crippen MR) is 84.3 cm³/mol. The SMILES string of the molecule is O=C(CN1CCCC1)N1CCN(CC2CCNCC2)CC1. The van der Waals surface area contributed by atoms with E-state index in [1.54, 1.807) is 0 Å². The minimum Gasteiger partial charge on any atom is -0.339 e. The molecule has 3 fully saturated rings. The smallest absolute Gasteiger partial charge is 0.236 e. The molecule has 3 heterocycles. The Morgan fingerprint density at radius 2 is 1.57 bits per heavy atom. The first-order valence-corrected chi connectivity index (χ1v) is 8.74. The second-order valence-corrected chi connectivity index (χ2v) is 6.86. The number of piperazine rings is 1. The highest BCUT2D eigenvalue weighted by Crippen LogP contribution is 2.15. The molecule has 0 aliphatic carbocycles. The van der Waals surface area contributed by atoms with E-state index in [0.717, 1.165) is 45.2 Å². The van der Waals surface area contributed by atoms with Crippen LogP contribution >= 0.6 is 0 Å². The molecule has 3 rings (SSSR count). The number of piperidine rings is 1. The number of hydrogen-bond acceptors (Lipinski definition) is 4. The first-order chi connectivity index (χ1) is 10.3. The molecule has 0 aromatic carbocycles. The topological polar surface area (TPSA) is 38.8 Å². The van der Waals surface area contributed by atoms with Gasteiger partial charge < -0.3 is 10.2 Å². The van der Waals surface area contributed by atoms with Crippen molar-refractivity contribution in [3.63, 3.8) is 0 Å². The molecule has 1 N–H and O–H groups in total. The van der Waals surface area contributed by atoms with Crippen molar-refractivity contribution in [2.45, 2.75) is 25.7 Å². The van der Waals surface area contributed by atoms with Gasteiger partial charge in [-0.15, -0.1) is 0 Å². The molecule has 3 aliphatic heterocycles. The standard InChI is InChI=1S/C16H30N4O/c21-16(14-18-7-1-2-8-18)20-11-9-19(10-12-20)13-15-3-5-17-6-4-15/h15,17H,1-14H2. The zero-order valence-electron chi connectivity index (χ0n) is 13.2. The van der Waals surface area contributed by atoms with Crippen molar-refractivity contribution in [1.29, 1.82) is 0 Å². The summed E-state index contributed by atoms with van der Waals surface area (Å²) < 4.78 is 0. The van der Waals surface area contributed by atoms with Gasteiger partial charge in [-0.3, -0.25) is 14.6 Å². The van der Waals surface area contributed by atoms with E-state index in [1.807, 2.05) is 0 Å². The third-order valence-electron chi connectivity index (χ3n) is 5.26. The van der Waals surface area contributed by atoms with Crippen molar-refractivity contribution < 1.29 is 4.79 Å². The normalized spacial score (nSPS) is 26.4. The number of nitrogens with zero attached hydrogens (tertiary/aromatic N) is 3. The number of amides is 1. The molecule has 21 heavy (non-hydrogen) atoms. The molecule has 120 valence electrons. The van der Waals surface area contributed by atoms with E-state index >= 15 is 0 Å². The van der Waals surface area contributed by atoms with Crippen LogP contribution in [0.2, 0.25) is 0 Å². The maximum absolute atomic E-state index is 12.3. The molecule has 0 radical (unpaired) electrons. The van der Waals surface area contributed by atoms with Crippen LogP contribution in [-0.4, -0.2) is 86.1 Å². The maximum Gasteiger partial charge on any atom is 0.236 e. The van der Waals surface area contributed by atoms with Crippen LogP contribution in [0.1, 0.15) is 25.7 Å². The van der Waals surface area contributed by atoms with Crippen LogP contribution in [0, 0.1) is 5.92 Å². The lowest BCUT2D eigenvalue weighted by molar-refractivity contribution is -0.134. The van der Waals surface area contributed by atoms with Gasteiger partial charge in [0.2, 0.25) is 5.91 Å². The predicted octanol–water partition coefficient (Wildman–Crippen LogP) is 0.226. The zero-order chi connectivity index (χ0) is 14.5. The fourth-order valence-electron chi connectivity index (χ4n) is 3.84. The molecule has 0 aromatic rings. The summed E-state index contributed by atoms with van der Waals surface area (Å²) in [6.45, 7) is 10.4. The molecule has 0 bridgehead atoms. The van der Waals surface area contributed by atoms with Gasteiger partial charge in [0, 0.05) is 32.7 Å². The molecule has 0 unspecified atom stereocenters. The number of hydrogen-bond donors (Lipinski definition) is 1. The highest BCUT2D eigenvalue weighted by molar-refractivity contribution is 5.78. The van der Waals surface area contributed by atoms with E-state index in [9.17, 15) is 4.79 Å². The van der Waals surface area contributed by atoms with Crippen molar-refractivity contribution in [1.82, 2.24) is 20.0 Å². The molecule has 0 aromatic heterocycles. The van der Waals surface area contributed by atoms with E-state index in [0.29, 0.717) is 12.5 Å². The Labute approximate surface area is 128 Å². The van der Waals surface area contributed by atoms with Gasteiger partial charge in [-0.25, -0.2) is 0 Å². The van der Waals surface area contributed by atoms with E-state index in [4.69, 9.17) is 0 Å². The second kappa shape index (κ2) is 7.56. The summed E-state index contributed by atoms with van der Waals surface area (Å²) in [5.41, 5.74) is 0. The molecule has 0 atom stereocenters. The van der Waals surface area contributed by atoms with Crippen LogP contribution in [0.15, 0.2) is 0 Å². The maximum atomic E-state index is 12.3. The summed E-state index contributed by atoms with van der Waals surface area (Å²) in [6.07, 6.45) is 5.15. The average Bonchev–Trinajstić information content (AvgIpc) is 3.02. The lowest BCUT2D eigenvalue weighted by atomic mass is 9.97. The summed E-state index contributed by atoms with van der Waals surface area (Å²) in [5.74, 6) is 1.21. The number of carbonyl (C=O) groups is 1. The minimum atomic E-state index is 0.346. The summed E-state index contributed by atoms with van der Waals surface area (Å²) in [4.78, 5) is 19.3. The first-order valence-electron chi connectivity index (χ1n) is 8.74. The largest absolute Gasteiger partial charge is 0.339 e. The van der Waals surface area contributed by atoms with Gasteiger partial charge in [0.05, 0.1) is 6.54 Å². The second-order valence-electron chi connectivity index (χ2n) is 6.86. The van der Waals surface area contributed by atoms with Crippen molar-refractivity contribution in [2.24, 2.45) is 5.92 Å².